The number of nitrogens with zero attached hydrogens (tertiary/aromatic N) is 1. The highest BCUT2D eigenvalue weighted by molar-refractivity contribution is 4.93. The van der Waals surface area contributed by atoms with Crippen LogP contribution in [0.4, 0.5) is 0 Å². The Morgan fingerprint density at radius 1 is 1.33 bits per heavy atom. The molecule has 100 valence electrons. The molecule has 2 atom stereocenters. The van der Waals surface area contributed by atoms with E-state index in [1.165, 1.54) is 6.42 Å². The van der Waals surface area contributed by atoms with Crippen LogP contribution in [0.3, 0.4) is 0 Å². The fourth-order valence-electron chi connectivity index (χ4n) is 2.56. The molecule has 2 unspecified atom stereocenters. The van der Waals surface area contributed by atoms with Gasteiger partial charge < -0.3 is 15.0 Å². The highest BCUT2D eigenvalue weighted by Crippen LogP contribution is 2.23. The molecule has 0 radical (unpaired) electrons. The molecule has 4 nitrogen and oxygen atoms in total. The van der Waals surface area contributed by atoms with Crippen LogP contribution in [-0.2, 0) is 6.54 Å². The van der Waals surface area contributed by atoms with Crippen molar-refractivity contribution >= 4 is 0 Å². The van der Waals surface area contributed by atoms with Gasteiger partial charge in [0, 0.05) is 31.9 Å². The average molecular weight is 250 g/mol. The number of hydrogen-bond donors (Lipinski definition) is 2. The second kappa shape index (κ2) is 6.71. The van der Waals surface area contributed by atoms with E-state index < -0.39 is 0 Å². The van der Waals surface area contributed by atoms with Gasteiger partial charge in [0.15, 0.2) is 0 Å². The maximum absolute atomic E-state index is 11.5. The van der Waals surface area contributed by atoms with Crippen molar-refractivity contribution in [2.45, 2.75) is 38.3 Å². The number of aliphatic hydroxyl groups excluding tert-OH is 1. The molecule has 0 amide bonds. The summed E-state index contributed by atoms with van der Waals surface area (Å²) < 4.78 is 1.70. The van der Waals surface area contributed by atoms with Gasteiger partial charge in [0.2, 0.25) is 0 Å². The fourth-order valence-corrected chi connectivity index (χ4v) is 2.56. The van der Waals surface area contributed by atoms with Crippen molar-refractivity contribution in [1.82, 2.24) is 9.88 Å². The van der Waals surface area contributed by atoms with Gasteiger partial charge in [0.05, 0.1) is 6.10 Å². The van der Waals surface area contributed by atoms with E-state index >= 15 is 0 Å². The van der Waals surface area contributed by atoms with Crippen LogP contribution in [-0.4, -0.2) is 28.9 Å². The molecule has 2 rings (SSSR count). The predicted molar refractivity (Wildman–Crippen MR) is 71.5 cm³/mol. The van der Waals surface area contributed by atoms with Gasteiger partial charge in [-0.25, -0.2) is 0 Å². The molecule has 0 spiro atoms. The zero-order chi connectivity index (χ0) is 12.8. The quantitative estimate of drug-likeness (QED) is 0.766. The smallest absolute Gasteiger partial charge is 0.250 e. The van der Waals surface area contributed by atoms with Crippen LogP contribution in [0.25, 0.3) is 0 Å². The largest absolute Gasteiger partial charge is 0.393 e. The van der Waals surface area contributed by atoms with Gasteiger partial charge in [-0.2, -0.15) is 0 Å². The van der Waals surface area contributed by atoms with Crippen LogP contribution in [0.15, 0.2) is 29.2 Å². The second-order valence-electron chi connectivity index (χ2n) is 5.05. The first-order valence-corrected chi connectivity index (χ1v) is 6.81. The molecular formula is C14H22N2O2. The first-order valence-electron chi connectivity index (χ1n) is 6.81. The van der Waals surface area contributed by atoms with Crippen LogP contribution in [0, 0.1) is 5.92 Å². The van der Waals surface area contributed by atoms with E-state index in [2.05, 4.69) is 5.32 Å². The van der Waals surface area contributed by atoms with Crippen molar-refractivity contribution in [2.75, 3.05) is 13.1 Å². The Kier molecular flexibility index (Phi) is 4.96. The molecule has 0 aliphatic heterocycles. The van der Waals surface area contributed by atoms with Crippen molar-refractivity contribution in [3.8, 4) is 0 Å². The van der Waals surface area contributed by atoms with Crippen molar-refractivity contribution in [3.63, 3.8) is 0 Å². The van der Waals surface area contributed by atoms with E-state index in [1.807, 2.05) is 6.07 Å². The van der Waals surface area contributed by atoms with E-state index in [0.29, 0.717) is 12.5 Å². The van der Waals surface area contributed by atoms with Gasteiger partial charge in [-0.1, -0.05) is 18.9 Å². The average Bonchev–Trinajstić information content (AvgIpc) is 2.38. The topological polar surface area (TPSA) is 54.3 Å². The summed E-state index contributed by atoms with van der Waals surface area (Å²) in [6.07, 6.45) is 6.08. The zero-order valence-corrected chi connectivity index (χ0v) is 10.7. The Labute approximate surface area is 108 Å². The fraction of sp³-hybridized carbons (Fsp3) is 0.643. The number of aromatic nitrogens is 1. The summed E-state index contributed by atoms with van der Waals surface area (Å²) in [6.45, 7) is 2.30. The summed E-state index contributed by atoms with van der Waals surface area (Å²) in [6, 6.07) is 5.20. The molecule has 2 N–H and O–H groups in total. The lowest BCUT2D eigenvalue weighted by Crippen LogP contribution is -2.35. The molecule has 1 saturated carbocycles. The molecular weight excluding hydrogens is 228 g/mol. The highest BCUT2D eigenvalue weighted by Gasteiger charge is 2.22. The van der Waals surface area contributed by atoms with Gasteiger partial charge in [-0.05, 0) is 24.8 Å². The van der Waals surface area contributed by atoms with Gasteiger partial charge >= 0.3 is 0 Å². The number of rotatable bonds is 5. The third kappa shape index (κ3) is 3.68. The third-order valence-electron chi connectivity index (χ3n) is 3.70. The van der Waals surface area contributed by atoms with Gasteiger partial charge in [0.1, 0.15) is 0 Å². The molecule has 18 heavy (non-hydrogen) atoms. The summed E-state index contributed by atoms with van der Waals surface area (Å²) in [5, 5.41) is 13.2. The van der Waals surface area contributed by atoms with Crippen LogP contribution in [0.1, 0.15) is 25.7 Å². The summed E-state index contributed by atoms with van der Waals surface area (Å²) in [5.74, 6) is 0.381. The van der Waals surface area contributed by atoms with Crippen LogP contribution >= 0.6 is 0 Å². The molecule has 1 aliphatic rings. The molecule has 0 aromatic carbocycles. The summed E-state index contributed by atoms with van der Waals surface area (Å²) in [4.78, 5) is 11.5. The van der Waals surface area contributed by atoms with Crippen molar-refractivity contribution < 1.29 is 5.11 Å². The maximum atomic E-state index is 11.5. The summed E-state index contributed by atoms with van der Waals surface area (Å²) in [5.41, 5.74) is 0.0389. The van der Waals surface area contributed by atoms with Gasteiger partial charge in [-0.3, -0.25) is 4.79 Å². The minimum absolute atomic E-state index is 0.0389. The Hall–Kier alpha value is -1.13. The number of hydrogen-bond acceptors (Lipinski definition) is 3. The monoisotopic (exact) mass is 250 g/mol. The number of pyridine rings is 1. The minimum atomic E-state index is -0.148. The van der Waals surface area contributed by atoms with Crippen LogP contribution in [0.2, 0.25) is 0 Å². The molecule has 1 aromatic heterocycles. The molecule has 0 bridgehead atoms. The van der Waals surface area contributed by atoms with Crippen LogP contribution in [0.5, 0.6) is 0 Å². The Bertz CT molecular complexity index is 416. The molecule has 1 fully saturated rings. The normalized spacial score (nSPS) is 24.1. The maximum Gasteiger partial charge on any atom is 0.250 e. The molecule has 1 aliphatic carbocycles. The SMILES string of the molecule is O=c1ccccn1CCNCC1CCCCC1O. The number of nitrogens with one attached hydrogen (secondary N) is 1. The number of aliphatic hydroxyl groups is 1. The lowest BCUT2D eigenvalue weighted by Gasteiger charge is -2.27. The molecule has 1 aromatic rings. The van der Waals surface area contributed by atoms with Gasteiger partial charge in [-0.15, -0.1) is 0 Å². The summed E-state index contributed by atoms with van der Waals surface area (Å²) >= 11 is 0. The minimum Gasteiger partial charge on any atom is -0.393 e. The van der Waals surface area contributed by atoms with Crippen molar-refractivity contribution in [3.05, 3.63) is 34.7 Å². The molecule has 4 heteroatoms. The lowest BCUT2D eigenvalue weighted by molar-refractivity contribution is 0.0696. The van der Waals surface area contributed by atoms with E-state index in [0.717, 1.165) is 32.4 Å². The Morgan fingerprint density at radius 2 is 2.17 bits per heavy atom. The highest BCUT2D eigenvalue weighted by atomic mass is 16.3. The molecule has 1 heterocycles. The molecule has 0 saturated heterocycles. The van der Waals surface area contributed by atoms with Gasteiger partial charge in [0.25, 0.3) is 5.56 Å². The predicted octanol–water partition coefficient (Wildman–Crippen LogP) is 0.989. The van der Waals surface area contributed by atoms with E-state index in [1.54, 1.807) is 22.9 Å². The standard InChI is InChI=1S/C14H22N2O2/c17-13-6-2-1-5-12(13)11-15-8-10-16-9-4-3-7-14(16)18/h3-4,7,9,12-13,15,17H,1-2,5-6,8,10-11H2. The Balaban J connectivity index is 1.70. The first-order chi connectivity index (χ1) is 8.77. The van der Waals surface area contributed by atoms with Crippen molar-refractivity contribution in [1.29, 1.82) is 0 Å². The van der Waals surface area contributed by atoms with E-state index in [4.69, 9.17) is 0 Å². The zero-order valence-electron chi connectivity index (χ0n) is 10.7. The van der Waals surface area contributed by atoms with E-state index in [9.17, 15) is 9.90 Å². The summed E-state index contributed by atoms with van der Waals surface area (Å²) in [7, 11) is 0. The van der Waals surface area contributed by atoms with Crippen LogP contribution < -0.4 is 10.9 Å². The van der Waals surface area contributed by atoms with E-state index in [-0.39, 0.29) is 11.7 Å². The Morgan fingerprint density at radius 3 is 2.94 bits per heavy atom. The second-order valence-corrected chi connectivity index (χ2v) is 5.05. The first kappa shape index (κ1) is 13.3. The third-order valence-corrected chi connectivity index (χ3v) is 3.70. The van der Waals surface area contributed by atoms with Crippen molar-refractivity contribution in [2.24, 2.45) is 5.92 Å². The lowest BCUT2D eigenvalue weighted by atomic mass is 9.86.